The van der Waals surface area contributed by atoms with Crippen molar-refractivity contribution in [1.29, 1.82) is 0 Å². The molecule has 0 fully saturated rings. The molecule has 0 aliphatic heterocycles. The Labute approximate surface area is 94.0 Å². The Kier molecular flexibility index (Phi) is 5.84. The second kappa shape index (κ2) is 7.28. The summed E-state index contributed by atoms with van der Waals surface area (Å²) in [5.74, 6) is 0. The molecule has 1 aromatic rings. The highest BCUT2D eigenvalue weighted by molar-refractivity contribution is 5.53. The third-order valence-electron chi connectivity index (χ3n) is 2.61. The summed E-state index contributed by atoms with van der Waals surface area (Å²) in [6.45, 7) is 4.46. The van der Waals surface area contributed by atoms with E-state index in [-0.39, 0.29) is 0 Å². The van der Waals surface area contributed by atoms with Crippen LogP contribution in [0.3, 0.4) is 0 Å². The first-order chi connectivity index (χ1) is 7.38. The highest BCUT2D eigenvalue weighted by Crippen LogP contribution is 2.14. The molecule has 15 heavy (non-hydrogen) atoms. The van der Waals surface area contributed by atoms with Crippen molar-refractivity contribution < 1.29 is 0 Å². The van der Waals surface area contributed by atoms with E-state index >= 15 is 0 Å². The van der Waals surface area contributed by atoms with Crippen molar-refractivity contribution in [2.75, 3.05) is 0 Å². The fourth-order valence-corrected chi connectivity index (χ4v) is 1.67. The van der Waals surface area contributed by atoms with Crippen molar-refractivity contribution in [3.05, 3.63) is 41.5 Å². The van der Waals surface area contributed by atoms with Crippen LogP contribution in [0.5, 0.6) is 0 Å². The first-order valence-corrected chi connectivity index (χ1v) is 6.13. The monoisotopic (exact) mass is 202 g/mol. The molecule has 0 saturated heterocycles. The largest absolute Gasteiger partial charge is 0.0839 e. The summed E-state index contributed by atoms with van der Waals surface area (Å²) in [7, 11) is 0. The normalized spacial score (nSPS) is 11.1. The highest BCUT2D eigenvalue weighted by Gasteiger charge is 1.96. The summed E-state index contributed by atoms with van der Waals surface area (Å²) >= 11 is 0. The summed E-state index contributed by atoms with van der Waals surface area (Å²) in [6, 6.07) is 8.74. The Balaban J connectivity index is 2.67. The van der Waals surface area contributed by atoms with Gasteiger partial charge in [-0.15, -0.1) is 0 Å². The minimum absolute atomic E-state index is 1.18. The van der Waals surface area contributed by atoms with E-state index in [0.29, 0.717) is 0 Å². The number of allylic oxidation sites excluding steroid dienone is 1. The third-order valence-corrected chi connectivity index (χ3v) is 2.61. The predicted molar refractivity (Wildman–Crippen MR) is 69.0 cm³/mol. The maximum atomic E-state index is 2.28. The van der Waals surface area contributed by atoms with Gasteiger partial charge in [-0.3, -0.25) is 0 Å². The molecule has 0 aliphatic rings. The number of hydrogen-bond acceptors (Lipinski definition) is 0. The zero-order valence-corrected chi connectivity index (χ0v) is 10.00. The Morgan fingerprint density at radius 1 is 1.07 bits per heavy atom. The average Bonchev–Trinajstić information content (AvgIpc) is 2.28. The number of rotatable bonds is 6. The lowest BCUT2D eigenvalue weighted by Crippen LogP contribution is -1.88. The molecule has 0 amide bonds. The van der Waals surface area contributed by atoms with Crippen LogP contribution in [0.25, 0.3) is 6.08 Å². The van der Waals surface area contributed by atoms with Crippen molar-refractivity contribution in [2.24, 2.45) is 0 Å². The molecule has 0 aromatic heterocycles. The van der Waals surface area contributed by atoms with Gasteiger partial charge in [0.25, 0.3) is 0 Å². The Morgan fingerprint density at radius 3 is 2.60 bits per heavy atom. The zero-order valence-electron chi connectivity index (χ0n) is 10.00. The Hall–Kier alpha value is -1.04. The predicted octanol–water partition coefficient (Wildman–Crippen LogP) is 4.84. The zero-order chi connectivity index (χ0) is 10.9. The minimum atomic E-state index is 1.18. The van der Waals surface area contributed by atoms with Crippen LogP contribution in [0.4, 0.5) is 0 Å². The van der Waals surface area contributed by atoms with Crippen molar-refractivity contribution in [2.45, 2.75) is 46.0 Å². The molecule has 0 spiro atoms. The fourth-order valence-electron chi connectivity index (χ4n) is 1.67. The molecule has 0 aliphatic carbocycles. The Morgan fingerprint density at radius 2 is 1.87 bits per heavy atom. The van der Waals surface area contributed by atoms with Gasteiger partial charge < -0.3 is 0 Å². The van der Waals surface area contributed by atoms with Gasteiger partial charge in [-0.2, -0.15) is 0 Å². The van der Waals surface area contributed by atoms with Crippen LogP contribution in [-0.4, -0.2) is 0 Å². The minimum Gasteiger partial charge on any atom is -0.0839 e. The van der Waals surface area contributed by atoms with E-state index in [9.17, 15) is 0 Å². The second-order valence-electron chi connectivity index (χ2n) is 3.99. The Bertz CT molecular complexity index is 297. The van der Waals surface area contributed by atoms with Crippen LogP contribution in [0.15, 0.2) is 30.3 Å². The molecule has 82 valence electrons. The van der Waals surface area contributed by atoms with Crippen molar-refractivity contribution in [3.8, 4) is 0 Å². The van der Waals surface area contributed by atoms with E-state index in [1.54, 1.807) is 0 Å². The van der Waals surface area contributed by atoms with Crippen molar-refractivity contribution in [1.82, 2.24) is 0 Å². The summed E-state index contributed by atoms with van der Waals surface area (Å²) in [4.78, 5) is 0. The molecular formula is C15H22. The van der Waals surface area contributed by atoms with Crippen LogP contribution in [-0.2, 0) is 6.42 Å². The van der Waals surface area contributed by atoms with Gasteiger partial charge in [-0.05, 0) is 30.4 Å². The van der Waals surface area contributed by atoms with Gasteiger partial charge in [-0.25, -0.2) is 0 Å². The fraction of sp³-hybridized carbons (Fsp3) is 0.467. The summed E-state index contributed by atoms with van der Waals surface area (Å²) < 4.78 is 0. The van der Waals surface area contributed by atoms with Crippen LogP contribution in [0, 0.1) is 0 Å². The second-order valence-corrected chi connectivity index (χ2v) is 3.99. The highest BCUT2D eigenvalue weighted by atomic mass is 14.0. The number of aryl methyl sites for hydroxylation is 1. The number of unbranched alkanes of at least 4 members (excludes halogenated alkanes) is 2. The van der Waals surface area contributed by atoms with E-state index < -0.39 is 0 Å². The lowest BCUT2D eigenvalue weighted by Gasteiger charge is -2.04. The van der Waals surface area contributed by atoms with Gasteiger partial charge in [0.05, 0.1) is 0 Å². The van der Waals surface area contributed by atoms with Crippen LogP contribution in [0.2, 0.25) is 0 Å². The SMILES string of the molecule is CCC/C=C/c1ccccc1CCCC. The maximum Gasteiger partial charge on any atom is -0.0228 e. The molecule has 0 bridgehead atoms. The van der Waals surface area contributed by atoms with Gasteiger partial charge in [0.2, 0.25) is 0 Å². The maximum absolute atomic E-state index is 2.28. The third kappa shape index (κ3) is 4.33. The van der Waals surface area contributed by atoms with Crippen LogP contribution >= 0.6 is 0 Å². The molecule has 0 saturated carbocycles. The van der Waals surface area contributed by atoms with E-state index in [0.717, 1.165) is 0 Å². The van der Waals surface area contributed by atoms with Gasteiger partial charge in [0.15, 0.2) is 0 Å². The molecule has 0 unspecified atom stereocenters. The smallest absolute Gasteiger partial charge is 0.0228 e. The van der Waals surface area contributed by atoms with Crippen LogP contribution in [0.1, 0.15) is 50.7 Å². The number of benzene rings is 1. The molecule has 0 atom stereocenters. The molecular weight excluding hydrogens is 180 g/mol. The molecule has 0 heterocycles. The topological polar surface area (TPSA) is 0 Å². The molecule has 0 N–H and O–H groups in total. The van der Waals surface area contributed by atoms with E-state index in [2.05, 4.69) is 50.3 Å². The van der Waals surface area contributed by atoms with E-state index in [4.69, 9.17) is 0 Å². The summed E-state index contributed by atoms with van der Waals surface area (Å²) in [5, 5.41) is 0. The summed E-state index contributed by atoms with van der Waals surface area (Å²) in [6.07, 6.45) is 10.7. The van der Waals surface area contributed by atoms with Crippen LogP contribution < -0.4 is 0 Å². The van der Waals surface area contributed by atoms with Gasteiger partial charge in [-0.1, -0.05) is 63.1 Å². The molecule has 1 aromatic carbocycles. The molecule has 1 rings (SSSR count). The average molecular weight is 202 g/mol. The quantitative estimate of drug-likeness (QED) is 0.619. The molecule has 0 nitrogen and oxygen atoms in total. The van der Waals surface area contributed by atoms with Crippen molar-refractivity contribution in [3.63, 3.8) is 0 Å². The standard InChI is InChI=1S/C15H22/c1-3-5-7-11-15-13-9-8-12-14(15)10-6-4-2/h7-9,11-13H,3-6,10H2,1-2H3/b11-7+. The molecule has 0 radical (unpaired) electrons. The van der Waals surface area contributed by atoms with Crippen molar-refractivity contribution >= 4 is 6.08 Å². The lowest BCUT2D eigenvalue weighted by atomic mass is 10.0. The number of hydrogen-bond donors (Lipinski definition) is 0. The van der Waals surface area contributed by atoms with E-state index in [1.807, 2.05) is 0 Å². The first-order valence-electron chi connectivity index (χ1n) is 6.13. The van der Waals surface area contributed by atoms with Gasteiger partial charge in [0, 0.05) is 0 Å². The van der Waals surface area contributed by atoms with E-state index in [1.165, 1.54) is 43.2 Å². The summed E-state index contributed by atoms with van der Waals surface area (Å²) in [5.41, 5.74) is 2.89. The van der Waals surface area contributed by atoms with Gasteiger partial charge >= 0.3 is 0 Å². The molecule has 0 heteroatoms. The lowest BCUT2D eigenvalue weighted by molar-refractivity contribution is 0.794. The van der Waals surface area contributed by atoms with Gasteiger partial charge in [0.1, 0.15) is 0 Å². The first kappa shape index (κ1) is 12.0.